The van der Waals surface area contributed by atoms with Crippen molar-refractivity contribution in [1.82, 2.24) is 20.1 Å². The highest BCUT2D eigenvalue weighted by Crippen LogP contribution is 2.24. The molecular formula is C11H14ClF3N4O2. The molecule has 0 unspecified atom stereocenters. The average molecular weight is 327 g/mol. The molecule has 10 heteroatoms. The fraction of sp³-hybridized carbons (Fsp3) is 0.727. The first-order valence-corrected chi connectivity index (χ1v) is 6.80. The number of piperidine rings is 1. The third-order valence-corrected chi connectivity index (χ3v) is 3.34. The summed E-state index contributed by atoms with van der Waals surface area (Å²) in [5, 5.41) is 6.31. The molecule has 1 aromatic heterocycles. The topological polar surface area (TPSA) is 71.1 Å². The van der Waals surface area contributed by atoms with Gasteiger partial charge in [-0.25, -0.2) is 4.98 Å². The van der Waals surface area contributed by atoms with Crippen LogP contribution in [-0.2, 0) is 16.0 Å². The number of carbonyl (C=O) groups excluding carboxylic acids is 1. The fourth-order valence-corrected chi connectivity index (χ4v) is 2.32. The third kappa shape index (κ3) is 5.16. The van der Waals surface area contributed by atoms with Crippen molar-refractivity contribution in [3.8, 4) is 0 Å². The minimum Gasteiger partial charge on any atom is -0.342 e. The second kappa shape index (κ2) is 6.61. The van der Waals surface area contributed by atoms with Gasteiger partial charge in [0, 0.05) is 25.9 Å². The second-order valence-electron chi connectivity index (χ2n) is 4.69. The Hall–Kier alpha value is -1.35. The lowest BCUT2D eigenvalue weighted by molar-refractivity contribution is -0.345. The minimum absolute atomic E-state index is 0.0857. The highest BCUT2D eigenvalue weighted by molar-refractivity contribution is 6.28. The number of carbonyl (C=O) groups is 1. The van der Waals surface area contributed by atoms with Crippen LogP contribution in [0.4, 0.5) is 13.2 Å². The number of halogens is 4. The van der Waals surface area contributed by atoms with Gasteiger partial charge in [0.15, 0.2) is 0 Å². The van der Waals surface area contributed by atoms with Crippen molar-refractivity contribution in [2.45, 2.75) is 38.1 Å². The Morgan fingerprint density at radius 3 is 2.62 bits per heavy atom. The van der Waals surface area contributed by atoms with Crippen molar-refractivity contribution < 1.29 is 22.7 Å². The molecular weight excluding hydrogens is 313 g/mol. The summed E-state index contributed by atoms with van der Waals surface area (Å²) in [6.07, 6.45) is -4.57. The number of H-pyrrole nitrogens is 1. The summed E-state index contributed by atoms with van der Waals surface area (Å²) in [7, 11) is 0. The number of nitrogens with one attached hydrogen (secondary N) is 1. The Kier molecular flexibility index (Phi) is 5.04. The molecule has 1 amide bonds. The molecule has 2 heterocycles. The third-order valence-electron chi connectivity index (χ3n) is 3.18. The van der Waals surface area contributed by atoms with E-state index in [4.69, 9.17) is 11.6 Å². The van der Waals surface area contributed by atoms with Crippen LogP contribution in [0.15, 0.2) is 0 Å². The second-order valence-corrected chi connectivity index (χ2v) is 5.03. The number of hydrogen-bond donors (Lipinski definition) is 1. The van der Waals surface area contributed by atoms with Gasteiger partial charge in [-0.3, -0.25) is 14.6 Å². The van der Waals surface area contributed by atoms with Crippen molar-refractivity contribution in [1.29, 1.82) is 0 Å². The van der Waals surface area contributed by atoms with E-state index in [1.54, 1.807) is 0 Å². The molecule has 1 N–H and O–H groups in total. The maximum atomic E-state index is 12.1. The normalized spacial score (nSPS) is 17.2. The lowest BCUT2D eigenvalue weighted by atomic mass is 10.1. The average Bonchev–Trinajstić information content (AvgIpc) is 2.81. The van der Waals surface area contributed by atoms with Crippen molar-refractivity contribution in [2.75, 3.05) is 13.1 Å². The highest BCUT2D eigenvalue weighted by atomic mass is 35.5. The van der Waals surface area contributed by atoms with Gasteiger partial charge in [-0.1, -0.05) is 0 Å². The molecule has 0 radical (unpaired) electrons. The SMILES string of the molecule is O=C(CCc1nc(Cl)n[nH]1)N1CCC(OC(F)(F)F)CC1. The molecule has 0 aromatic carbocycles. The van der Waals surface area contributed by atoms with E-state index in [-0.39, 0.29) is 43.5 Å². The maximum absolute atomic E-state index is 12.1. The summed E-state index contributed by atoms with van der Waals surface area (Å²) in [5.41, 5.74) is 0. The van der Waals surface area contributed by atoms with E-state index in [0.29, 0.717) is 12.2 Å². The predicted octanol–water partition coefficient (Wildman–Crippen LogP) is 1.92. The van der Waals surface area contributed by atoms with Crippen LogP contribution in [0.25, 0.3) is 0 Å². The first kappa shape index (κ1) is 16.0. The summed E-state index contributed by atoms with van der Waals surface area (Å²) in [5.74, 6) is 0.372. The molecule has 1 saturated heterocycles. The van der Waals surface area contributed by atoms with Gasteiger partial charge < -0.3 is 4.90 Å². The van der Waals surface area contributed by atoms with E-state index in [9.17, 15) is 18.0 Å². The van der Waals surface area contributed by atoms with Gasteiger partial charge in [-0.2, -0.15) is 0 Å². The molecule has 6 nitrogen and oxygen atoms in total. The lowest BCUT2D eigenvalue weighted by Gasteiger charge is -2.32. The maximum Gasteiger partial charge on any atom is 0.522 e. The van der Waals surface area contributed by atoms with Crippen LogP contribution in [0.1, 0.15) is 25.1 Å². The summed E-state index contributed by atoms with van der Waals surface area (Å²) < 4.78 is 40.2. The zero-order chi connectivity index (χ0) is 15.5. The molecule has 1 aliphatic rings. The predicted molar refractivity (Wildman–Crippen MR) is 66.5 cm³/mol. The molecule has 2 rings (SSSR count). The van der Waals surface area contributed by atoms with Crippen LogP contribution in [0, 0.1) is 0 Å². The lowest BCUT2D eigenvalue weighted by Crippen LogP contribution is -2.42. The van der Waals surface area contributed by atoms with Crippen molar-refractivity contribution in [3.63, 3.8) is 0 Å². The molecule has 1 fully saturated rings. The Morgan fingerprint density at radius 2 is 2.10 bits per heavy atom. The van der Waals surface area contributed by atoms with Crippen LogP contribution in [0.2, 0.25) is 5.28 Å². The van der Waals surface area contributed by atoms with Gasteiger partial charge in [0.05, 0.1) is 6.10 Å². The summed E-state index contributed by atoms with van der Waals surface area (Å²) in [6, 6.07) is 0. The highest BCUT2D eigenvalue weighted by Gasteiger charge is 2.35. The Labute approximate surface area is 123 Å². The Morgan fingerprint density at radius 1 is 1.43 bits per heavy atom. The number of nitrogens with zero attached hydrogens (tertiary/aromatic N) is 3. The molecule has 21 heavy (non-hydrogen) atoms. The number of aromatic amines is 1. The van der Waals surface area contributed by atoms with E-state index in [2.05, 4.69) is 19.9 Å². The fourth-order valence-electron chi connectivity index (χ4n) is 2.18. The molecule has 1 aliphatic heterocycles. The van der Waals surface area contributed by atoms with Crippen LogP contribution < -0.4 is 0 Å². The van der Waals surface area contributed by atoms with Gasteiger partial charge in [-0.15, -0.1) is 18.3 Å². The number of aromatic nitrogens is 3. The molecule has 118 valence electrons. The summed E-state index contributed by atoms with van der Waals surface area (Å²) in [6.45, 7) is 0.521. The van der Waals surface area contributed by atoms with Crippen molar-refractivity contribution in [2.24, 2.45) is 0 Å². The van der Waals surface area contributed by atoms with Gasteiger partial charge in [0.1, 0.15) is 5.82 Å². The van der Waals surface area contributed by atoms with Gasteiger partial charge in [0.2, 0.25) is 11.2 Å². The summed E-state index contributed by atoms with van der Waals surface area (Å²) in [4.78, 5) is 17.3. The molecule has 0 spiro atoms. The Bertz CT molecular complexity index is 486. The van der Waals surface area contributed by atoms with E-state index in [0.717, 1.165) is 0 Å². The molecule has 0 atom stereocenters. The zero-order valence-corrected chi connectivity index (χ0v) is 11.7. The largest absolute Gasteiger partial charge is 0.522 e. The zero-order valence-electron chi connectivity index (χ0n) is 11.0. The first-order chi connectivity index (χ1) is 9.83. The first-order valence-electron chi connectivity index (χ1n) is 6.42. The van der Waals surface area contributed by atoms with Crippen molar-refractivity contribution in [3.05, 3.63) is 11.1 Å². The van der Waals surface area contributed by atoms with Crippen molar-refractivity contribution >= 4 is 17.5 Å². The number of hydrogen-bond acceptors (Lipinski definition) is 4. The van der Waals surface area contributed by atoms with E-state index in [1.807, 2.05) is 0 Å². The number of ether oxygens (including phenoxy) is 1. The number of rotatable bonds is 4. The molecule has 0 saturated carbocycles. The molecule has 0 bridgehead atoms. The number of amides is 1. The smallest absolute Gasteiger partial charge is 0.342 e. The molecule has 0 aliphatic carbocycles. The van der Waals surface area contributed by atoms with Gasteiger partial charge in [-0.05, 0) is 24.4 Å². The van der Waals surface area contributed by atoms with E-state index < -0.39 is 12.5 Å². The van der Waals surface area contributed by atoms with E-state index in [1.165, 1.54) is 4.90 Å². The van der Waals surface area contributed by atoms with Crippen LogP contribution >= 0.6 is 11.6 Å². The molecule has 1 aromatic rings. The van der Waals surface area contributed by atoms with E-state index >= 15 is 0 Å². The summed E-state index contributed by atoms with van der Waals surface area (Å²) >= 11 is 5.54. The Balaban J connectivity index is 1.73. The van der Waals surface area contributed by atoms with Crippen LogP contribution in [0.5, 0.6) is 0 Å². The van der Waals surface area contributed by atoms with Gasteiger partial charge >= 0.3 is 6.36 Å². The minimum atomic E-state index is -4.62. The monoisotopic (exact) mass is 326 g/mol. The van der Waals surface area contributed by atoms with Gasteiger partial charge in [0.25, 0.3) is 0 Å². The van der Waals surface area contributed by atoms with Crippen LogP contribution in [-0.4, -0.2) is 51.5 Å². The van der Waals surface area contributed by atoms with Crippen LogP contribution in [0.3, 0.4) is 0 Å². The number of likely N-dealkylation sites (tertiary alicyclic amines) is 1. The number of aryl methyl sites for hydroxylation is 1. The number of alkyl halides is 3. The standard InChI is InChI=1S/C11H14ClF3N4O2/c12-10-16-8(17-18-10)1-2-9(20)19-5-3-7(4-6-19)21-11(13,14)15/h7H,1-6H2,(H,16,17,18). The quantitative estimate of drug-likeness (QED) is 0.917.